The van der Waals surface area contributed by atoms with Gasteiger partial charge in [0.15, 0.2) is 0 Å². The van der Waals surface area contributed by atoms with Crippen molar-refractivity contribution in [3.8, 4) is 0 Å². The average molecular weight is 219 g/mol. The van der Waals surface area contributed by atoms with Crippen molar-refractivity contribution in [1.82, 2.24) is 4.90 Å². The molecular formula is C13H19N2O. The molecule has 0 aliphatic carbocycles. The molecule has 3 heteroatoms. The Labute approximate surface area is 97.5 Å². The molecule has 0 aromatic heterocycles. The molecule has 1 aromatic carbocycles. The van der Waals surface area contributed by atoms with Crippen molar-refractivity contribution in [2.75, 3.05) is 25.0 Å². The summed E-state index contributed by atoms with van der Waals surface area (Å²) in [5.41, 5.74) is 1.03. The van der Waals surface area contributed by atoms with Crippen LogP contribution in [-0.2, 0) is 4.79 Å². The van der Waals surface area contributed by atoms with Crippen LogP contribution < -0.4 is 5.32 Å². The van der Waals surface area contributed by atoms with Crippen molar-refractivity contribution in [3.63, 3.8) is 0 Å². The summed E-state index contributed by atoms with van der Waals surface area (Å²) < 4.78 is 0. The Balaban J connectivity index is 2.28. The number of anilines is 1. The van der Waals surface area contributed by atoms with Crippen LogP contribution in [0, 0.1) is 6.07 Å². The number of benzene rings is 1. The standard InChI is InChI=1S/C13H19N2O/c1-3-15(4-2)13(16)10-11-14-12-8-6-5-7-9-12/h6-9,14H,3-4,10-11H2,1-2H3. The number of carbonyl (C=O) groups is 1. The van der Waals surface area contributed by atoms with Crippen LogP contribution in [0.3, 0.4) is 0 Å². The van der Waals surface area contributed by atoms with Crippen molar-refractivity contribution in [3.05, 3.63) is 30.3 Å². The highest BCUT2D eigenvalue weighted by Gasteiger charge is 2.07. The zero-order valence-electron chi connectivity index (χ0n) is 9.99. The van der Waals surface area contributed by atoms with Crippen molar-refractivity contribution in [2.45, 2.75) is 20.3 Å². The van der Waals surface area contributed by atoms with E-state index < -0.39 is 0 Å². The summed E-state index contributed by atoms with van der Waals surface area (Å²) in [6.45, 7) is 6.26. The van der Waals surface area contributed by atoms with E-state index in [1.807, 2.05) is 43.0 Å². The van der Waals surface area contributed by atoms with Crippen molar-refractivity contribution >= 4 is 11.6 Å². The van der Waals surface area contributed by atoms with Gasteiger partial charge >= 0.3 is 0 Å². The molecule has 0 unspecified atom stereocenters. The van der Waals surface area contributed by atoms with Crippen LogP contribution in [0.5, 0.6) is 0 Å². The highest BCUT2D eigenvalue weighted by Crippen LogP contribution is 2.04. The zero-order valence-corrected chi connectivity index (χ0v) is 9.99. The molecule has 16 heavy (non-hydrogen) atoms. The van der Waals surface area contributed by atoms with E-state index >= 15 is 0 Å². The molecule has 1 rings (SSSR count). The van der Waals surface area contributed by atoms with Crippen LogP contribution in [0.2, 0.25) is 0 Å². The summed E-state index contributed by atoms with van der Waals surface area (Å²) in [6.07, 6.45) is 0.542. The van der Waals surface area contributed by atoms with Gasteiger partial charge in [0.1, 0.15) is 0 Å². The fraction of sp³-hybridized carbons (Fsp3) is 0.462. The van der Waals surface area contributed by atoms with Gasteiger partial charge in [0.05, 0.1) is 0 Å². The molecule has 0 saturated heterocycles. The summed E-state index contributed by atoms with van der Waals surface area (Å²) in [4.78, 5) is 13.5. The van der Waals surface area contributed by atoms with Crippen LogP contribution in [0.4, 0.5) is 5.69 Å². The predicted molar refractivity (Wildman–Crippen MR) is 66.3 cm³/mol. The SMILES string of the molecule is CCN(CC)C(=O)CCNc1cc[c]cc1. The van der Waals surface area contributed by atoms with Gasteiger partial charge in [-0.05, 0) is 32.0 Å². The Kier molecular flexibility index (Phi) is 5.40. The molecule has 3 nitrogen and oxygen atoms in total. The first-order valence-electron chi connectivity index (χ1n) is 5.75. The van der Waals surface area contributed by atoms with Crippen LogP contribution in [-0.4, -0.2) is 30.4 Å². The second-order valence-electron chi connectivity index (χ2n) is 3.53. The normalized spacial score (nSPS) is 9.88. The van der Waals surface area contributed by atoms with Crippen molar-refractivity contribution < 1.29 is 4.79 Å². The molecule has 0 saturated carbocycles. The smallest absolute Gasteiger partial charge is 0.224 e. The van der Waals surface area contributed by atoms with Gasteiger partial charge in [-0.3, -0.25) is 4.79 Å². The maximum absolute atomic E-state index is 11.7. The molecule has 1 amide bonds. The van der Waals surface area contributed by atoms with Crippen LogP contribution in [0.15, 0.2) is 24.3 Å². The lowest BCUT2D eigenvalue weighted by atomic mass is 10.3. The number of hydrogen-bond donors (Lipinski definition) is 1. The van der Waals surface area contributed by atoms with E-state index in [0.29, 0.717) is 13.0 Å². The van der Waals surface area contributed by atoms with E-state index in [1.54, 1.807) is 0 Å². The van der Waals surface area contributed by atoms with Gasteiger partial charge in [-0.1, -0.05) is 12.1 Å². The Morgan fingerprint density at radius 2 is 1.94 bits per heavy atom. The molecule has 87 valence electrons. The van der Waals surface area contributed by atoms with Gasteiger partial charge in [-0.15, -0.1) is 0 Å². The van der Waals surface area contributed by atoms with E-state index in [4.69, 9.17) is 0 Å². The average Bonchev–Trinajstić information content (AvgIpc) is 2.32. The Hall–Kier alpha value is -1.51. The minimum absolute atomic E-state index is 0.208. The lowest BCUT2D eigenvalue weighted by molar-refractivity contribution is -0.130. The summed E-state index contributed by atoms with van der Waals surface area (Å²) in [7, 11) is 0. The largest absolute Gasteiger partial charge is 0.385 e. The van der Waals surface area contributed by atoms with Gasteiger partial charge in [0.2, 0.25) is 5.91 Å². The second-order valence-corrected chi connectivity index (χ2v) is 3.53. The fourth-order valence-electron chi connectivity index (χ4n) is 1.55. The topological polar surface area (TPSA) is 32.3 Å². The van der Waals surface area contributed by atoms with Gasteiger partial charge in [0.25, 0.3) is 0 Å². The third-order valence-electron chi connectivity index (χ3n) is 2.50. The number of nitrogens with one attached hydrogen (secondary N) is 1. The lowest BCUT2D eigenvalue weighted by Gasteiger charge is -2.18. The van der Waals surface area contributed by atoms with Gasteiger partial charge < -0.3 is 10.2 Å². The quantitative estimate of drug-likeness (QED) is 0.795. The van der Waals surface area contributed by atoms with Crippen LogP contribution in [0.25, 0.3) is 0 Å². The van der Waals surface area contributed by atoms with Crippen molar-refractivity contribution in [2.24, 2.45) is 0 Å². The molecule has 0 aliphatic rings. The first-order chi connectivity index (χ1) is 7.77. The summed E-state index contributed by atoms with van der Waals surface area (Å²) >= 11 is 0. The Morgan fingerprint density at radius 3 is 2.50 bits per heavy atom. The van der Waals surface area contributed by atoms with E-state index in [2.05, 4.69) is 11.4 Å². The third kappa shape index (κ3) is 3.93. The minimum atomic E-state index is 0.208. The molecule has 0 aliphatic heterocycles. The Bertz CT molecular complexity index is 307. The third-order valence-corrected chi connectivity index (χ3v) is 2.50. The molecule has 1 aromatic rings. The highest BCUT2D eigenvalue weighted by atomic mass is 16.2. The second kappa shape index (κ2) is 6.88. The summed E-state index contributed by atoms with van der Waals surface area (Å²) in [6, 6.07) is 10.6. The molecule has 0 atom stereocenters. The molecule has 0 spiro atoms. The first kappa shape index (κ1) is 12.6. The van der Waals surface area contributed by atoms with Gasteiger partial charge in [-0.25, -0.2) is 0 Å². The Morgan fingerprint density at radius 1 is 1.31 bits per heavy atom. The van der Waals surface area contributed by atoms with Crippen LogP contribution in [0.1, 0.15) is 20.3 Å². The first-order valence-corrected chi connectivity index (χ1v) is 5.75. The lowest BCUT2D eigenvalue weighted by Crippen LogP contribution is -2.31. The number of hydrogen-bond acceptors (Lipinski definition) is 2. The monoisotopic (exact) mass is 219 g/mol. The number of nitrogens with zero attached hydrogens (tertiary/aromatic N) is 1. The summed E-state index contributed by atoms with van der Waals surface area (Å²) in [5.74, 6) is 0.208. The number of amides is 1. The fourth-order valence-corrected chi connectivity index (χ4v) is 1.55. The number of carbonyl (C=O) groups excluding carboxylic acids is 1. The van der Waals surface area contributed by atoms with E-state index in [1.165, 1.54) is 0 Å². The predicted octanol–water partition coefficient (Wildman–Crippen LogP) is 2.16. The maximum Gasteiger partial charge on any atom is 0.224 e. The molecule has 1 N–H and O–H groups in total. The van der Waals surface area contributed by atoms with Crippen molar-refractivity contribution in [1.29, 1.82) is 0 Å². The zero-order chi connectivity index (χ0) is 11.8. The molecule has 1 radical (unpaired) electrons. The molecule has 0 bridgehead atoms. The van der Waals surface area contributed by atoms with E-state index in [9.17, 15) is 4.79 Å². The maximum atomic E-state index is 11.7. The summed E-state index contributed by atoms with van der Waals surface area (Å²) in [5, 5.41) is 3.21. The van der Waals surface area contributed by atoms with Crippen LogP contribution >= 0.6 is 0 Å². The molecule has 0 fully saturated rings. The van der Waals surface area contributed by atoms with E-state index in [0.717, 1.165) is 18.8 Å². The van der Waals surface area contributed by atoms with E-state index in [-0.39, 0.29) is 5.91 Å². The molecular weight excluding hydrogens is 200 g/mol. The van der Waals surface area contributed by atoms with Gasteiger partial charge in [0, 0.05) is 31.7 Å². The van der Waals surface area contributed by atoms with Gasteiger partial charge in [-0.2, -0.15) is 0 Å². The minimum Gasteiger partial charge on any atom is -0.385 e. The molecule has 0 heterocycles. The number of rotatable bonds is 6. The highest BCUT2D eigenvalue weighted by molar-refractivity contribution is 5.76.